The van der Waals surface area contributed by atoms with Gasteiger partial charge < -0.3 is 29.3 Å². The van der Waals surface area contributed by atoms with E-state index in [0.717, 1.165) is 19.5 Å². The highest BCUT2D eigenvalue weighted by atomic mass is 32.2. The molecule has 4 heterocycles. The summed E-state index contributed by atoms with van der Waals surface area (Å²) in [6.45, 7) is 5.59. The van der Waals surface area contributed by atoms with Crippen LogP contribution in [0.15, 0.2) is 59.1 Å². The quantitative estimate of drug-likeness (QED) is 0.130. The Kier molecular flexibility index (Phi) is 11.4. The number of amides is 2. The number of thioether (sulfide) groups is 2. The van der Waals surface area contributed by atoms with Gasteiger partial charge in [-0.15, -0.1) is 11.8 Å². The molecule has 3 fully saturated rings. The fourth-order valence-corrected chi connectivity index (χ4v) is 10.3. The first-order valence-electron chi connectivity index (χ1n) is 17.1. The zero-order valence-electron chi connectivity index (χ0n) is 29.0. The molecule has 17 heteroatoms. The van der Waals surface area contributed by atoms with Crippen LogP contribution >= 0.6 is 23.5 Å². The smallest absolute Gasteiger partial charge is 0.410 e. The van der Waals surface area contributed by atoms with Gasteiger partial charge in [-0.25, -0.2) is 9.59 Å². The normalized spacial score (nSPS) is 26.3. The summed E-state index contributed by atoms with van der Waals surface area (Å²) in [5.41, 5.74) is 1.14. The van der Waals surface area contributed by atoms with E-state index in [-0.39, 0.29) is 53.4 Å². The molecule has 2 amide bonds. The Hall–Kier alpha value is -4.19. The lowest BCUT2D eigenvalue weighted by Gasteiger charge is -2.46. The second-order valence-corrected chi connectivity index (χ2v) is 16.4. The Morgan fingerprint density at radius 3 is 2.10 bits per heavy atom. The largest absolute Gasteiger partial charge is 0.456 e. The molecule has 1 N–H and O–H groups in total. The Labute approximate surface area is 309 Å². The van der Waals surface area contributed by atoms with Crippen molar-refractivity contribution in [2.24, 2.45) is 11.8 Å². The number of nitro benzene ring substituents is 2. The van der Waals surface area contributed by atoms with Crippen molar-refractivity contribution in [2.75, 3.05) is 32.4 Å². The van der Waals surface area contributed by atoms with Crippen LogP contribution < -0.4 is 0 Å². The van der Waals surface area contributed by atoms with E-state index in [2.05, 4.69) is 11.9 Å². The van der Waals surface area contributed by atoms with Gasteiger partial charge in [0.15, 0.2) is 0 Å². The standard InChI is InChI=1S/C35H41N5O10S2/c1-20-30-29(21(2)41)33(42)38(30)31(34(43)49-17-22-4-8-24(9-5-22)39(45)46)32(20)52-28-14-26(19-51-27-12-13-36(3)15-27)37(16-28)35(44)50-18-23-6-10-25(11-7-23)40(47)48/h4-11,20-21,26-30,41H,12-19H2,1-3H3/t20-,21-,26+,27+,28+,29-,30-/m1/s1. The van der Waals surface area contributed by atoms with Crippen LogP contribution in [0.4, 0.5) is 16.2 Å². The second kappa shape index (κ2) is 15.8. The van der Waals surface area contributed by atoms with Crippen LogP contribution in [0.2, 0.25) is 0 Å². The minimum absolute atomic E-state index is 0.0508. The van der Waals surface area contributed by atoms with Crippen molar-refractivity contribution in [3.05, 3.63) is 90.5 Å². The van der Waals surface area contributed by atoms with Crippen LogP contribution in [-0.4, -0.2) is 109 Å². The van der Waals surface area contributed by atoms with Crippen molar-refractivity contribution in [1.82, 2.24) is 14.7 Å². The second-order valence-electron chi connectivity index (χ2n) is 13.7. The van der Waals surface area contributed by atoms with Crippen LogP contribution in [0, 0.1) is 32.1 Å². The number of nitrogens with zero attached hydrogens (tertiary/aromatic N) is 5. The number of likely N-dealkylation sites (tertiary alicyclic amines) is 2. The summed E-state index contributed by atoms with van der Waals surface area (Å²) in [5, 5.41) is 32.9. The lowest BCUT2D eigenvalue weighted by Crippen LogP contribution is -2.63. The van der Waals surface area contributed by atoms with Crippen LogP contribution in [-0.2, 0) is 32.3 Å². The number of rotatable bonds is 13. The summed E-state index contributed by atoms with van der Waals surface area (Å²) < 4.78 is 11.4. The lowest BCUT2D eigenvalue weighted by atomic mass is 9.79. The molecule has 0 unspecified atom stereocenters. The van der Waals surface area contributed by atoms with Crippen LogP contribution in [0.1, 0.15) is 37.8 Å². The average molecular weight is 756 g/mol. The summed E-state index contributed by atoms with van der Waals surface area (Å²) >= 11 is 3.28. The topological polar surface area (TPSA) is 186 Å². The number of aliphatic hydroxyl groups excluding tert-OH is 1. The van der Waals surface area contributed by atoms with Gasteiger partial charge in [0.1, 0.15) is 18.9 Å². The molecule has 7 atom stereocenters. The number of β-lactam (4-membered cyclic amide) rings is 1. The number of carbonyl (C=O) groups is 3. The van der Waals surface area contributed by atoms with Crippen molar-refractivity contribution >= 4 is 52.9 Å². The lowest BCUT2D eigenvalue weighted by molar-refractivity contribution is -0.385. The molecule has 0 aromatic heterocycles. The minimum Gasteiger partial charge on any atom is -0.456 e. The zero-order chi connectivity index (χ0) is 37.3. The molecule has 15 nitrogen and oxygen atoms in total. The van der Waals surface area contributed by atoms with Crippen molar-refractivity contribution in [3.63, 3.8) is 0 Å². The van der Waals surface area contributed by atoms with Crippen molar-refractivity contribution in [3.8, 4) is 0 Å². The molecule has 3 saturated heterocycles. The maximum atomic E-state index is 13.7. The van der Waals surface area contributed by atoms with Crippen LogP contribution in [0.3, 0.4) is 0 Å². The Balaban J connectivity index is 1.19. The molecular formula is C35H41N5O10S2. The van der Waals surface area contributed by atoms with E-state index in [1.807, 2.05) is 18.7 Å². The molecule has 4 aliphatic heterocycles. The summed E-state index contributed by atoms with van der Waals surface area (Å²) in [6.07, 6.45) is 0.260. The van der Waals surface area contributed by atoms with E-state index in [1.54, 1.807) is 24.0 Å². The molecule has 52 heavy (non-hydrogen) atoms. The summed E-state index contributed by atoms with van der Waals surface area (Å²) in [5.74, 6) is -1.33. The maximum Gasteiger partial charge on any atom is 0.410 e. The van der Waals surface area contributed by atoms with Crippen LogP contribution in [0.25, 0.3) is 0 Å². The van der Waals surface area contributed by atoms with Gasteiger partial charge >= 0.3 is 12.1 Å². The van der Waals surface area contributed by atoms with E-state index in [4.69, 9.17) is 9.47 Å². The van der Waals surface area contributed by atoms with Crippen molar-refractivity contribution in [2.45, 2.75) is 68.6 Å². The maximum absolute atomic E-state index is 13.7. The average Bonchev–Trinajstić information content (AvgIpc) is 3.79. The number of ether oxygens (including phenoxy) is 2. The van der Waals surface area contributed by atoms with Gasteiger partial charge in [-0.05, 0) is 68.8 Å². The number of fused-ring (bicyclic) bond motifs is 1. The summed E-state index contributed by atoms with van der Waals surface area (Å²) in [7, 11) is 2.09. The first-order valence-corrected chi connectivity index (χ1v) is 19.0. The summed E-state index contributed by atoms with van der Waals surface area (Å²) in [6, 6.07) is 10.9. The highest BCUT2D eigenvalue weighted by molar-refractivity contribution is 8.03. The number of hydrogen-bond acceptors (Lipinski definition) is 13. The molecule has 2 aromatic carbocycles. The monoisotopic (exact) mass is 755 g/mol. The highest BCUT2D eigenvalue weighted by Crippen LogP contribution is 2.52. The first-order chi connectivity index (χ1) is 24.8. The number of non-ortho nitro benzene ring substituents is 2. The number of benzene rings is 2. The third-order valence-corrected chi connectivity index (χ3v) is 13.0. The van der Waals surface area contributed by atoms with Crippen molar-refractivity contribution < 1.29 is 38.8 Å². The van der Waals surface area contributed by atoms with Gasteiger partial charge in [0.25, 0.3) is 11.4 Å². The molecule has 278 valence electrons. The minimum atomic E-state index is -0.915. The van der Waals surface area contributed by atoms with Gasteiger partial charge in [-0.1, -0.05) is 6.92 Å². The molecule has 2 aromatic rings. The van der Waals surface area contributed by atoms with E-state index < -0.39 is 40.0 Å². The zero-order valence-corrected chi connectivity index (χ0v) is 30.6. The number of carbonyl (C=O) groups excluding carboxylic acids is 3. The highest BCUT2D eigenvalue weighted by Gasteiger charge is 2.60. The Morgan fingerprint density at radius 2 is 1.56 bits per heavy atom. The Morgan fingerprint density at radius 1 is 0.962 bits per heavy atom. The molecule has 0 bridgehead atoms. The molecule has 0 aliphatic carbocycles. The number of nitro groups is 2. The van der Waals surface area contributed by atoms with Gasteiger partial charge in [0.2, 0.25) is 5.91 Å². The SMILES string of the molecule is C[C@@H](O)[C@H]1C(=O)N2C(C(=O)OCc3ccc([N+](=O)[O-])cc3)=C(S[C@H]3C[C@@H](CS[C@H]4CCN(C)C4)N(C(=O)OCc4ccc([N+](=O)[O-])cc4)C3)[C@H](C)[C@H]12. The van der Waals surface area contributed by atoms with Crippen LogP contribution in [0.5, 0.6) is 0 Å². The van der Waals surface area contributed by atoms with Gasteiger partial charge in [0, 0.05) is 70.5 Å². The van der Waals surface area contributed by atoms with Gasteiger partial charge in [-0.3, -0.25) is 25.0 Å². The molecule has 0 saturated carbocycles. The number of aliphatic hydroxyl groups is 1. The van der Waals surface area contributed by atoms with Gasteiger partial charge in [-0.2, -0.15) is 11.8 Å². The van der Waals surface area contributed by atoms with Gasteiger partial charge in [0.05, 0.1) is 27.9 Å². The van der Waals surface area contributed by atoms with E-state index in [9.17, 15) is 39.7 Å². The third kappa shape index (κ3) is 7.91. The molecule has 4 aliphatic rings. The van der Waals surface area contributed by atoms with E-state index in [0.29, 0.717) is 40.0 Å². The molecule has 0 radical (unpaired) electrons. The predicted molar refractivity (Wildman–Crippen MR) is 193 cm³/mol. The Bertz CT molecular complexity index is 1740. The molecular weight excluding hydrogens is 715 g/mol. The van der Waals surface area contributed by atoms with E-state index in [1.165, 1.54) is 53.1 Å². The predicted octanol–water partition coefficient (Wildman–Crippen LogP) is 4.57. The fourth-order valence-electron chi connectivity index (χ4n) is 7.34. The summed E-state index contributed by atoms with van der Waals surface area (Å²) in [4.78, 5) is 67.8. The fraction of sp³-hybridized carbons (Fsp3) is 0.514. The first kappa shape index (κ1) is 37.6. The molecule has 0 spiro atoms. The number of esters is 1. The van der Waals surface area contributed by atoms with Crippen molar-refractivity contribution in [1.29, 1.82) is 0 Å². The number of hydrogen-bond donors (Lipinski definition) is 1. The molecule has 6 rings (SSSR count). The van der Waals surface area contributed by atoms with E-state index >= 15 is 0 Å². The third-order valence-electron chi connectivity index (χ3n) is 10.1.